The molecule has 5 heteroatoms. The molecule has 1 saturated heterocycles. The van der Waals surface area contributed by atoms with Crippen molar-refractivity contribution < 1.29 is 9.53 Å². The Morgan fingerprint density at radius 2 is 1.93 bits per heavy atom. The third-order valence-electron chi connectivity index (χ3n) is 5.86. The van der Waals surface area contributed by atoms with Crippen LogP contribution in [0.1, 0.15) is 28.9 Å². The highest BCUT2D eigenvalue weighted by atomic mass is 16.5. The predicted molar refractivity (Wildman–Crippen MR) is 116 cm³/mol. The van der Waals surface area contributed by atoms with E-state index in [1.54, 1.807) is 7.11 Å². The average molecular weight is 392 g/mol. The van der Waals surface area contributed by atoms with Crippen molar-refractivity contribution in [2.24, 2.45) is 5.92 Å². The smallest absolute Gasteiger partial charge is 0.267 e. The highest BCUT2D eigenvalue weighted by Crippen LogP contribution is 2.22. The summed E-state index contributed by atoms with van der Waals surface area (Å²) in [5.41, 5.74) is 2.97. The Kier molecular flexibility index (Phi) is 6.15. The maximum atomic E-state index is 12.5. The molecule has 1 aliphatic rings. The normalized spacial score (nSPS) is 15.5. The van der Waals surface area contributed by atoms with Gasteiger partial charge in [-0.15, -0.1) is 0 Å². The summed E-state index contributed by atoms with van der Waals surface area (Å²) in [6.45, 7) is 3.79. The summed E-state index contributed by atoms with van der Waals surface area (Å²) < 4.78 is 5.24. The van der Waals surface area contributed by atoms with Gasteiger partial charge in [-0.25, -0.2) is 0 Å². The minimum atomic E-state index is -0.0564. The van der Waals surface area contributed by atoms with Crippen molar-refractivity contribution in [3.05, 3.63) is 65.9 Å². The van der Waals surface area contributed by atoms with Crippen LogP contribution in [0.15, 0.2) is 54.6 Å². The number of H-pyrrole nitrogens is 1. The molecule has 0 spiro atoms. The molecule has 5 nitrogen and oxygen atoms in total. The van der Waals surface area contributed by atoms with Crippen molar-refractivity contribution >= 4 is 16.8 Å². The lowest BCUT2D eigenvalue weighted by Crippen LogP contribution is -2.40. The molecule has 1 fully saturated rings. The van der Waals surface area contributed by atoms with Crippen LogP contribution in [-0.2, 0) is 6.42 Å². The molecule has 1 aliphatic heterocycles. The van der Waals surface area contributed by atoms with Gasteiger partial charge in [-0.1, -0.05) is 30.3 Å². The largest absolute Gasteiger partial charge is 0.497 e. The van der Waals surface area contributed by atoms with Crippen molar-refractivity contribution in [3.63, 3.8) is 0 Å². The third-order valence-corrected chi connectivity index (χ3v) is 5.86. The Labute approximate surface area is 172 Å². The Bertz CT molecular complexity index is 943. The summed E-state index contributed by atoms with van der Waals surface area (Å²) in [5.74, 6) is 1.50. The summed E-state index contributed by atoms with van der Waals surface area (Å²) in [5, 5.41) is 4.03. The fourth-order valence-electron chi connectivity index (χ4n) is 4.14. The van der Waals surface area contributed by atoms with Gasteiger partial charge in [0, 0.05) is 24.0 Å². The first-order valence-electron chi connectivity index (χ1n) is 10.4. The van der Waals surface area contributed by atoms with Crippen molar-refractivity contribution in [3.8, 4) is 5.75 Å². The second kappa shape index (κ2) is 9.14. The van der Waals surface area contributed by atoms with E-state index in [9.17, 15) is 4.79 Å². The predicted octanol–water partition coefficient (Wildman–Crippen LogP) is 3.86. The monoisotopic (exact) mass is 391 g/mol. The lowest BCUT2D eigenvalue weighted by Gasteiger charge is -2.32. The first-order chi connectivity index (χ1) is 14.2. The van der Waals surface area contributed by atoms with Crippen LogP contribution in [0.25, 0.3) is 10.9 Å². The maximum Gasteiger partial charge on any atom is 0.267 e. The Balaban J connectivity index is 1.21. The van der Waals surface area contributed by atoms with Gasteiger partial charge in [-0.05, 0) is 68.1 Å². The molecule has 0 atom stereocenters. The number of methoxy groups -OCH3 is 1. The van der Waals surface area contributed by atoms with Crippen LogP contribution in [0.3, 0.4) is 0 Å². The van der Waals surface area contributed by atoms with E-state index in [-0.39, 0.29) is 5.91 Å². The van der Waals surface area contributed by atoms with Gasteiger partial charge in [0.25, 0.3) is 5.91 Å². The highest BCUT2D eigenvalue weighted by molar-refractivity contribution is 5.98. The average Bonchev–Trinajstić information content (AvgIpc) is 3.19. The van der Waals surface area contributed by atoms with E-state index in [1.807, 2.05) is 24.3 Å². The molecule has 2 N–H and O–H groups in total. The van der Waals surface area contributed by atoms with Gasteiger partial charge in [0.15, 0.2) is 0 Å². The first-order valence-corrected chi connectivity index (χ1v) is 10.4. The molecular formula is C24H29N3O2. The lowest BCUT2D eigenvalue weighted by atomic mass is 9.90. The number of likely N-dealkylation sites (tertiary alicyclic amines) is 1. The molecule has 0 saturated carbocycles. The van der Waals surface area contributed by atoms with Gasteiger partial charge in [-0.3, -0.25) is 4.79 Å². The summed E-state index contributed by atoms with van der Waals surface area (Å²) in [4.78, 5) is 18.1. The number of hydrogen-bond acceptors (Lipinski definition) is 3. The molecule has 1 aromatic heterocycles. The van der Waals surface area contributed by atoms with Crippen LogP contribution in [-0.4, -0.2) is 49.1 Å². The summed E-state index contributed by atoms with van der Waals surface area (Å²) >= 11 is 0. The molecule has 2 aromatic carbocycles. The number of aromatic nitrogens is 1. The van der Waals surface area contributed by atoms with Crippen LogP contribution < -0.4 is 10.1 Å². The van der Waals surface area contributed by atoms with E-state index in [4.69, 9.17) is 4.74 Å². The Morgan fingerprint density at radius 3 is 2.69 bits per heavy atom. The zero-order chi connectivity index (χ0) is 20.1. The van der Waals surface area contributed by atoms with Crippen LogP contribution in [0.2, 0.25) is 0 Å². The number of carbonyl (C=O) groups excluding carboxylic acids is 1. The van der Waals surface area contributed by atoms with E-state index in [0.29, 0.717) is 12.2 Å². The quantitative estimate of drug-likeness (QED) is 0.643. The number of benzene rings is 2. The van der Waals surface area contributed by atoms with Crippen LogP contribution >= 0.6 is 0 Å². The van der Waals surface area contributed by atoms with E-state index in [1.165, 1.54) is 24.8 Å². The maximum absolute atomic E-state index is 12.5. The van der Waals surface area contributed by atoms with E-state index in [2.05, 4.69) is 45.5 Å². The third kappa shape index (κ3) is 4.98. The van der Waals surface area contributed by atoms with Crippen LogP contribution in [0.4, 0.5) is 0 Å². The minimum absolute atomic E-state index is 0.0564. The van der Waals surface area contributed by atoms with Gasteiger partial charge in [-0.2, -0.15) is 0 Å². The topological polar surface area (TPSA) is 57.4 Å². The molecule has 2 heterocycles. The number of amides is 1. The number of ether oxygens (including phenoxy) is 1. The molecule has 0 unspecified atom stereocenters. The molecule has 0 aliphatic carbocycles. The standard InChI is InChI=1S/C24H29N3O2/c1-29-21-7-8-22-20(16-21)17-23(26-22)24(28)25-11-14-27-12-9-19(10-13-27)15-18-5-3-2-4-6-18/h2-8,16-17,19,26H,9-15H2,1H3,(H,25,28). The number of piperidine rings is 1. The Hall–Kier alpha value is -2.79. The van der Waals surface area contributed by atoms with Gasteiger partial charge >= 0.3 is 0 Å². The van der Waals surface area contributed by atoms with E-state index in [0.717, 1.165) is 42.2 Å². The van der Waals surface area contributed by atoms with Crippen molar-refractivity contribution in [2.45, 2.75) is 19.3 Å². The van der Waals surface area contributed by atoms with Crippen molar-refractivity contribution in [2.75, 3.05) is 33.3 Å². The van der Waals surface area contributed by atoms with Crippen molar-refractivity contribution in [1.29, 1.82) is 0 Å². The second-order valence-electron chi connectivity index (χ2n) is 7.87. The molecule has 1 amide bonds. The number of nitrogens with zero attached hydrogens (tertiary/aromatic N) is 1. The summed E-state index contributed by atoms with van der Waals surface area (Å²) in [6, 6.07) is 18.4. The second-order valence-corrected chi connectivity index (χ2v) is 7.87. The van der Waals surface area contributed by atoms with E-state index >= 15 is 0 Å². The number of fused-ring (bicyclic) bond motifs is 1. The van der Waals surface area contributed by atoms with Gasteiger partial charge in [0.1, 0.15) is 11.4 Å². The summed E-state index contributed by atoms with van der Waals surface area (Å²) in [6.07, 6.45) is 3.63. The Morgan fingerprint density at radius 1 is 1.14 bits per heavy atom. The molecule has 0 bridgehead atoms. The number of hydrogen-bond donors (Lipinski definition) is 2. The number of aromatic amines is 1. The summed E-state index contributed by atoms with van der Waals surface area (Å²) in [7, 11) is 1.64. The van der Waals surface area contributed by atoms with Gasteiger partial charge < -0.3 is 19.9 Å². The molecule has 0 radical (unpaired) electrons. The molecular weight excluding hydrogens is 362 g/mol. The van der Waals surface area contributed by atoms with Crippen LogP contribution in [0.5, 0.6) is 5.75 Å². The molecule has 152 valence electrons. The van der Waals surface area contributed by atoms with Gasteiger partial charge in [0.2, 0.25) is 0 Å². The molecule has 3 aromatic rings. The lowest BCUT2D eigenvalue weighted by molar-refractivity contribution is 0.0940. The number of rotatable bonds is 7. The zero-order valence-electron chi connectivity index (χ0n) is 17.0. The van der Waals surface area contributed by atoms with Crippen LogP contribution in [0, 0.1) is 5.92 Å². The fourth-order valence-corrected chi connectivity index (χ4v) is 4.14. The minimum Gasteiger partial charge on any atom is -0.497 e. The zero-order valence-corrected chi connectivity index (χ0v) is 17.0. The highest BCUT2D eigenvalue weighted by Gasteiger charge is 2.19. The number of carbonyl (C=O) groups is 1. The molecule has 29 heavy (non-hydrogen) atoms. The molecule has 4 rings (SSSR count). The van der Waals surface area contributed by atoms with E-state index < -0.39 is 0 Å². The van der Waals surface area contributed by atoms with Crippen molar-refractivity contribution in [1.82, 2.24) is 15.2 Å². The van der Waals surface area contributed by atoms with Gasteiger partial charge in [0.05, 0.1) is 7.11 Å². The fraction of sp³-hybridized carbons (Fsp3) is 0.375. The number of nitrogens with one attached hydrogen (secondary N) is 2. The SMILES string of the molecule is COc1ccc2[nH]c(C(=O)NCCN3CCC(Cc4ccccc4)CC3)cc2c1. The first kappa shape index (κ1) is 19.5.